The second kappa shape index (κ2) is 8.09. The summed E-state index contributed by atoms with van der Waals surface area (Å²) in [4.78, 5) is 30.0. The smallest absolute Gasteiger partial charge is 0.303 e. The van der Waals surface area contributed by atoms with E-state index in [-0.39, 0.29) is 18.5 Å². The number of aliphatic carboxylic acids is 2. The molecule has 1 amide bonds. The van der Waals surface area contributed by atoms with E-state index in [1.54, 1.807) is 24.5 Å². The van der Waals surface area contributed by atoms with Crippen molar-refractivity contribution in [2.45, 2.75) is 12.8 Å². The van der Waals surface area contributed by atoms with Crippen molar-refractivity contribution in [3.8, 4) is 5.69 Å². The van der Waals surface area contributed by atoms with Crippen molar-refractivity contribution in [3.05, 3.63) is 36.4 Å². The van der Waals surface area contributed by atoms with Crippen LogP contribution in [-0.4, -0.2) is 48.0 Å². The van der Waals surface area contributed by atoms with E-state index in [4.69, 9.17) is 15.9 Å². The maximum Gasteiger partial charge on any atom is 0.303 e. The molecule has 2 rings (SSSR count). The average Bonchev–Trinajstić information content (AvgIpc) is 2.97. The number of carbonyl (C=O) groups excluding carboxylic acids is 1. The molecule has 0 unspecified atom stereocenters. The molecule has 2 heterocycles. The Hall–Kier alpha value is -3.30. The zero-order valence-corrected chi connectivity index (χ0v) is 11.3. The van der Waals surface area contributed by atoms with Gasteiger partial charge in [0.25, 0.3) is 5.91 Å². The third kappa shape index (κ3) is 5.77. The van der Waals surface area contributed by atoms with Gasteiger partial charge < -0.3 is 15.9 Å². The number of primary amides is 1. The lowest BCUT2D eigenvalue weighted by atomic mass is 10.3. The molecule has 0 saturated heterocycles. The largest absolute Gasteiger partial charge is 0.481 e. The Bertz CT molecular complexity index is 641. The van der Waals surface area contributed by atoms with Crippen LogP contribution in [0.2, 0.25) is 0 Å². The second-order valence-corrected chi connectivity index (χ2v) is 3.90. The number of hydrogen-bond donors (Lipinski definition) is 3. The molecule has 4 N–H and O–H groups in total. The van der Waals surface area contributed by atoms with E-state index in [1.807, 2.05) is 0 Å². The van der Waals surface area contributed by atoms with E-state index >= 15 is 0 Å². The van der Waals surface area contributed by atoms with E-state index in [2.05, 4.69) is 15.3 Å². The molecule has 0 bridgehead atoms. The summed E-state index contributed by atoms with van der Waals surface area (Å²) in [7, 11) is 0. The summed E-state index contributed by atoms with van der Waals surface area (Å²) < 4.78 is 1.51. The Labute approximate surface area is 124 Å². The van der Waals surface area contributed by atoms with E-state index in [1.165, 1.54) is 10.9 Å². The Morgan fingerprint density at radius 3 is 2.14 bits per heavy atom. The lowest BCUT2D eigenvalue weighted by Gasteiger charge is -1.97. The predicted molar refractivity (Wildman–Crippen MR) is 72.2 cm³/mol. The Morgan fingerprint density at radius 1 is 1.09 bits per heavy atom. The molecule has 0 aliphatic rings. The highest BCUT2D eigenvalue weighted by molar-refractivity contribution is 5.90. The summed E-state index contributed by atoms with van der Waals surface area (Å²) in [5.74, 6) is -2.70. The van der Waals surface area contributed by atoms with Gasteiger partial charge in [-0.05, 0) is 12.1 Å². The number of nitrogens with two attached hydrogens (primary N) is 1. The highest BCUT2D eigenvalue weighted by atomic mass is 16.4. The fourth-order valence-electron chi connectivity index (χ4n) is 1.23. The molecular formula is C12H13N5O5. The molecule has 0 atom stereocenters. The molecule has 0 radical (unpaired) electrons. The van der Waals surface area contributed by atoms with Crippen LogP contribution < -0.4 is 5.73 Å². The first-order valence-electron chi connectivity index (χ1n) is 5.96. The maximum absolute atomic E-state index is 10.8. The molecule has 116 valence electrons. The first-order valence-corrected chi connectivity index (χ1v) is 5.96. The van der Waals surface area contributed by atoms with Crippen molar-refractivity contribution >= 4 is 17.8 Å². The summed E-state index contributed by atoms with van der Waals surface area (Å²) >= 11 is 0. The summed E-state index contributed by atoms with van der Waals surface area (Å²) in [6.45, 7) is 0. The Kier molecular flexibility index (Phi) is 6.16. The summed E-state index contributed by atoms with van der Waals surface area (Å²) in [6, 6.07) is 3.27. The van der Waals surface area contributed by atoms with Crippen LogP contribution in [0, 0.1) is 0 Å². The van der Waals surface area contributed by atoms with Crippen molar-refractivity contribution in [2.75, 3.05) is 0 Å². The van der Waals surface area contributed by atoms with Gasteiger partial charge in [0.1, 0.15) is 5.69 Å². The molecular weight excluding hydrogens is 294 g/mol. The quantitative estimate of drug-likeness (QED) is 0.678. The van der Waals surface area contributed by atoms with Gasteiger partial charge in [0, 0.05) is 6.20 Å². The monoisotopic (exact) mass is 307 g/mol. The minimum atomic E-state index is -1.08. The number of carbonyl (C=O) groups is 3. The van der Waals surface area contributed by atoms with Crippen LogP contribution in [0.4, 0.5) is 0 Å². The number of rotatable bonds is 5. The molecule has 0 aliphatic carbocycles. The zero-order chi connectivity index (χ0) is 16.5. The summed E-state index contributed by atoms with van der Waals surface area (Å²) in [5, 5.41) is 27.1. The van der Waals surface area contributed by atoms with Crippen molar-refractivity contribution in [1.29, 1.82) is 0 Å². The van der Waals surface area contributed by atoms with Gasteiger partial charge in [0.2, 0.25) is 0 Å². The third-order valence-electron chi connectivity index (χ3n) is 2.23. The number of carboxylic acids is 2. The highest BCUT2D eigenvalue weighted by Crippen LogP contribution is 2.03. The Balaban J connectivity index is 0.000000261. The lowest BCUT2D eigenvalue weighted by Crippen LogP contribution is -2.12. The van der Waals surface area contributed by atoms with Crippen LogP contribution in [-0.2, 0) is 9.59 Å². The second-order valence-electron chi connectivity index (χ2n) is 3.90. The average molecular weight is 307 g/mol. The van der Waals surface area contributed by atoms with E-state index in [9.17, 15) is 14.4 Å². The first kappa shape index (κ1) is 16.8. The lowest BCUT2D eigenvalue weighted by molar-refractivity contribution is -0.143. The van der Waals surface area contributed by atoms with E-state index in [0.29, 0.717) is 0 Å². The topological polar surface area (TPSA) is 161 Å². The fourth-order valence-corrected chi connectivity index (χ4v) is 1.23. The molecule has 10 heteroatoms. The van der Waals surface area contributed by atoms with Gasteiger partial charge in [0.15, 0.2) is 0 Å². The van der Waals surface area contributed by atoms with Gasteiger partial charge in [-0.1, -0.05) is 0 Å². The van der Waals surface area contributed by atoms with Crippen LogP contribution in [0.1, 0.15) is 23.3 Å². The van der Waals surface area contributed by atoms with Gasteiger partial charge in [-0.25, -0.2) is 4.68 Å². The molecule has 10 nitrogen and oxygen atoms in total. The predicted octanol–water partition coefficient (Wildman–Crippen LogP) is -0.303. The van der Waals surface area contributed by atoms with Gasteiger partial charge in [-0.15, -0.1) is 0 Å². The van der Waals surface area contributed by atoms with Crippen LogP contribution in [0.5, 0.6) is 0 Å². The van der Waals surface area contributed by atoms with Crippen LogP contribution >= 0.6 is 0 Å². The number of nitrogens with zero attached hydrogens (tertiary/aromatic N) is 4. The van der Waals surface area contributed by atoms with Crippen molar-refractivity contribution in [3.63, 3.8) is 0 Å². The minimum Gasteiger partial charge on any atom is -0.481 e. The molecule has 0 fully saturated rings. The molecule has 2 aromatic heterocycles. The SMILES string of the molecule is NC(=O)c1ccn(-c2ccnnc2)n1.O=C(O)CCC(=O)O. The summed E-state index contributed by atoms with van der Waals surface area (Å²) in [5.41, 5.74) is 6.02. The van der Waals surface area contributed by atoms with Crippen LogP contribution in [0.25, 0.3) is 5.69 Å². The standard InChI is InChI=1S/C8H7N5O.C4H6O4/c9-8(14)7-2-4-13(12-7)6-1-3-10-11-5-6;5-3(6)1-2-4(7)8/h1-5H,(H2,9,14);1-2H2,(H,5,6)(H,7,8). The molecule has 0 saturated carbocycles. The van der Waals surface area contributed by atoms with Gasteiger partial charge in [0.05, 0.1) is 30.9 Å². The zero-order valence-electron chi connectivity index (χ0n) is 11.3. The van der Waals surface area contributed by atoms with Crippen molar-refractivity contribution in [1.82, 2.24) is 20.0 Å². The number of amides is 1. The minimum absolute atomic E-state index is 0.224. The molecule has 0 aliphatic heterocycles. The molecule has 2 aromatic rings. The molecule has 0 spiro atoms. The number of carboxylic acid groups (broad SMARTS) is 2. The maximum atomic E-state index is 10.8. The highest BCUT2D eigenvalue weighted by Gasteiger charge is 2.05. The summed E-state index contributed by atoms with van der Waals surface area (Å²) in [6.07, 6.45) is 4.13. The van der Waals surface area contributed by atoms with Gasteiger partial charge in [-0.2, -0.15) is 15.3 Å². The number of hydrogen-bond acceptors (Lipinski definition) is 6. The third-order valence-corrected chi connectivity index (χ3v) is 2.23. The molecule has 22 heavy (non-hydrogen) atoms. The fraction of sp³-hybridized carbons (Fsp3) is 0.167. The van der Waals surface area contributed by atoms with Crippen molar-refractivity contribution in [2.24, 2.45) is 5.73 Å². The van der Waals surface area contributed by atoms with E-state index < -0.39 is 17.8 Å². The van der Waals surface area contributed by atoms with Crippen LogP contribution in [0.3, 0.4) is 0 Å². The number of aromatic nitrogens is 4. The van der Waals surface area contributed by atoms with Crippen molar-refractivity contribution < 1.29 is 24.6 Å². The normalized spacial score (nSPS) is 9.45. The van der Waals surface area contributed by atoms with Gasteiger partial charge >= 0.3 is 11.9 Å². The molecule has 0 aromatic carbocycles. The Morgan fingerprint density at radius 2 is 1.73 bits per heavy atom. The van der Waals surface area contributed by atoms with Gasteiger partial charge in [-0.3, -0.25) is 14.4 Å². The van der Waals surface area contributed by atoms with E-state index in [0.717, 1.165) is 5.69 Å². The van der Waals surface area contributed by atoms with Crippen LogP contribution in [0.15, 0.2) is 30.7 Å². The first-order chi connectivity index (χ1) is 10.4.